The monoisotopic (exact) mass is 475 g/mol. The minimum Gasteiger partial charge on any atom is -0.399 e. The number of hydrogen-bond donors (Lipinski definition) is 3. The molecule has 3 heterocycles. The summed E-state index contributed by atoms with van der Waals surface area (Å²) in [7, 11) is 1.62. The van der Waals surface area contributed by atoms with Gasteiger partial charge in [0, 0.05) is 36.4 Å². The van der Waals surface area contributed by atoms with E-state index in [1.807, 2.05) is 53.9 Å². The molecule has 1 unspecified atom stereocenters. The Morgan fingerprint density at radius 3 is 2.47 bits per heavy atom. The lowest BCUT2D eigenvalue weighted by Gasteiger charge is -2.46. The zero-order chi connectivity index (χ0) is 23.9. The number of nitrogen functional groups attached to an aromatic ring is 1. The summed E-state index contributed by atoms with van der Waals surface area (Å²) in [4.78, 5) is 22.7. The van der Waals surface area contributed by atoms with Crippen molar-refractivity contribution in [3.8, 4) is 11.1 Å². The number of nitrogens with two attached hydrogens (primary N) is 2. The van der Waals surface area contributed by atoms with Gasteiger partial charge >= 0.3 is 0 Å². The number of aliphatic hydroxyl groups is 1. The summed E-state index contributed by atoms with van der Waals surface area (Å²) in [5.41, 5.74) is 14.7. The van der Waals surface area contributed by atoms with Crippen LogP contribution in [0.4, 0.5) is 11.4 Å². The van der Waals surface area contributed by atoms with E-state index in [-0.39, 0.29) is 11.9 Å². The van der Waals surface area contributed by atoms with Gasteiger partial charge in [-0.1, -0.05) is 30.3 Å². The highest BCUT2D eigenvalue weighted by Gasteiger charge is 2.51. The third kappa shape index (κ3) is 4.03. The van der Waals surface area contributed by atoms with E-state index in [0.29, 0.717) is 31.6 Å². The van der Waals surface area contributed by atoms with Gasteiger partial charge in [-0.15, -0.1) is 11.3 Å². The van der Waals surface area contributed by atoms with E-state index in [9.17, 15) is 9.90 Å². The Kier molecular flexibility index (Phi) is 5.79. The lowest BCUT2D eigenvalue weighted by molar-refractivity contribution is -0.145. The van der Waals surface area contributed by atoms with Crippen LogP contribution in [0.5, 0.6) is 0 Å². The molecule has 0 spiro atoms. The second-order valence-electron chi connectivity index (χ2n) is 9.10. The summed E-state index contributed by atoms with van der Waals surface area (Å²) in [5, 5.41) is 13.9. The number of carbonyl (C=O) groups is 1. The van der Waals surface area contributed by atoms with Gasteiger partial charge in [-0.25, -0.2) is 4.99 Å². The van der Waals surface area contributed by atoms with Gasteiger partial charge in [0.1, 0.15) is 6.04 Å². The Balaban J connectivity index is 1.45. The smallest absolute Gasteiger partial charge is 0.237 e. The summed E-state index contributed by atoms with van der Waals surface area (Å²) in [6, 6.07) is 19.4. The Morgan fingerprint density at radius 2 is 1.76 bits per heavy atom. The van der Waals surface area contributed by atoms with Gasteiger partial charge in [-0.05, 0) is 59.7 Å². The molecular formula is C26H29N5O2S. The van der Waals surface area contributed by atoms with Gasteiger partial charge < -0.3 is 21.5 Å². The van der Waals surface area contributed by atoms with Crippen LogP contribution in [-0.2, 0) is 4.79 Å². The normalized spacial score (nSPS) is 22.5. The highest BCUT2D eigenvalue weighted by atomic mass is 32.1. The SMILES string of the molecule is CN1C(=O)C(C2(O)CCN(c3ccccc3)CC2)[C@@H](c2cc(-c3cccc(N)c3)cs2)N=C1N. The fraction of sp³-hybridized carbons (Fsp3) is 0.308. The van der Waals surface area contributed by atoms with Gasteiger partial charge in [0.15, 0.2) is 5.96 Å². The summed E-state index contributed by atoms with van der Waals surface area (Å²) in [6.07, 6.45) is 0.955. The van der Waals surface area contributed by atoms with Crippen LogP contribution in [0.3, 0.4) is 0 Å². The second-order valence-corrected chi connectivity index (χ2v) is 10.0. The summed E-state index contributed by atoms with van der Waals surface area (Å²) in [6.45, 7) is 1.33. The van der Waals surface area contributed by atoms with Gasteiger partial charge in [0.2, 0.25) is 5.91 Å². The predicted octanol–water partition coefficient (Wildman–Crippen LogP) is 3.47. The van der Waals surface area contributed by atoms with Crippen LogP contribution in [0.2, 0.25) is 0 Å². The summed E-state index contributed by atoms with van der Waals surface area (Å²) < 4.78 is 0. The zero-order valence-corrected chi connectivity index (χ0v) is 19.9. The number of rotatable bonds is 4. The first-order chi connectivity index (χ1) is 16.4. The Morgan fingerprint density at radius 1 is 1.03 bits per heavy atom. The van der Waals surface area contributed by atoms with Gasteiger partial charge in [0.05, 0.1) is 11.5 Å². The van der Waals surface area contributed by atoms with E-state index in [1.54, 1.807) is 7.05 Å². The van der Waals surface area contributed by atoms with Crippen LogP contribution in [0, 0.1) is 5.92 Å². The van der Waals surface area contributed by atoms with Crippen molar-refractivity contribution in [2.45, 2.75) is 24.5 Å². The predicted molar refractivity (Wildman–Crippen MR) is 138 cm³/mol. The average Bonchev–Trinajstić information content (AvgIpc) is 3.33. The standard InChI is InChI=1S/C26H29N5O2S/c1-30-24(32)22(26(33)10-12-31(13-11-26)20-8-3-2-4-9-20)23(29-25(30)28)21-15-18(16-34-21)17-6-5-7-19(27)14-17/h2-9,14-16,22-23,33H,10-13,27H2,1H3,(H2,28,29)/t22?,23-/m1/s1. The van der Waals surface area contributed by atoms with Crippen molar-refractivity contribution in [3.63, 3.8) is 0 Å². The molecule has 1 fully saturated rings. The number of nitrogens with zero attached hydrogens (tertiary/aromatic N) is 3. The van der Waals surface area contributed by atoms with E-state index in [0.717, 1.165) is 21.7 Å². The van der Waals surface area contributed by atoms with E-state index in [1.165, 1.54) is 16.2 Å². The number of amides is 1. The molecule has 176 valence electrons. The minimum atomic E-state index is -1.17. The molecule has 2 atom stereocenters. The fourth-order valence-corrected chi connectivity index (χ4v) is 5.98. The molecule has 1 saturated heterocycles. The van der Waals surface area contributed by atoms with Crippen molar-refractivity contribution in [2.24, 2.45) is 16.6 Å². The van der Waals surface area contributed by atoms with E-state index in [2.05, 4.69) is 17.0 Å². The third-order valence-electron chi connectivity index (χ3n) is 6.99. The number of aliphatic imine (C=N–C) groups is 1. The van der Waals surface area contributed by atoms with Crippen molar-refractivity contribution in [1.82, 2.24) is 4.90 Å². The molecule has 0 radical (unpaired) electrons. The van der Waals surface area contributed by atoms with Crippen molar-refractivity contribution in [3.05, 3.63) is 70.9 Å². The fourth-order valence-electron chi connectivity index (χ4n) is 4.99. The van der Waals surface area contributed by atoms with E-state index >= 15 is 0 Å². The first-order valence-electron chi connectivity index (χ1n) is 11.4. The van der Waals surface area contributed by atoms with Crippen LogP contribution >= 0.6 is 11.3 Å². The lowest BCUT2D eigenvalue weighted by Crippen LogP contribution is -2.59. The molecule has 5 rings (SSSR count). The van der Waals surface area contributed by atoms with E-state index < -0.39 is 17.6 Å². The number of anilines is 2. The molecule has 8 heteroatoms. The molecule has 2 aliphatic rings. The molecule has 1 aromatic heterocycles. The molecule has 0 aliphatic carbocycles. The van der Waals surface area contributed by atoms with Crippen molar-refractivity contribution >= 4 is 34.6 Å². The Hall–Kier alpha value is -3.36. The third-order valence-corrected chi connectivity index (χ3v) is 7.99. The van der Waals surface area contributed by atoms with Crippen LogP contribution in [0.1, 0.15) is 23.8 Å². The molecule has 2 aromatic carbocycles. The summed E-state index contributed by atoms with van der Waals surface area (Å²) in [5.74, 6) is -0.711. The molecule has 0 saturated carbocycles. The first-order valence-corrected chi connectivity index (χ1v) is 12.3. The molecule has 1 amide bonds. The molecule has 2 aliphatic heterocycles. The first kappa shape index (κ1) is 22.4. The Bertz CT molecular complexity index is 1220. The number of para-hydroxylation sites is 1. The van der Waals surface area contributed by atoms with E-state index in [4.69, 9.17) is 16.5 Å². The largest absolute Gasteiger partial charge is 0.399 e. The van der Waals surface area contributed by atoms with Gasteiger partial charge in [-0.2, -0.15) is 0 Å². The highest BCUT2D eigenvalue weighted by molar-refractivity contribution is 7.10. The molecule has 5 N–H and O–H groups in total. The number of hydrogen-bond acceptors (Lipinski definition) is 7. The molecular weight excluding hydrogens is 446 g/mol. The maximum Gasteiger partial charge on any atom is 0.237 e. The van der Waals surface area contributed by atoms with Crippen molar-refractivity contribution in [2.75, 3.05) is 30.8 Å². The topological polar surface area (TPSA) is 108 Å². The maximum absolute atomic E-state index is 13.5. The molecule has 7 nitrogen and oxygen atoms in total. The van der Waals surface area contributed by atoms with Crippen LogP contribution in [0.15, 0.2) is 71.0 Å². The van der Waals surface area contributed by atoms with Crippen LogP contribution in [0.25, 0.3) is 11.1 Å². The number of benzene rings is 2. The lowest BCUT2D eigenvalue weighted by atomic mass is 9.73. The zero-order valence-electron chi connectivity index (χ0n) is 19.1. The molecule has 0 bridgehead atoms. The van der Waals surface area contributed by atoms with Crippen LogP contribution in [-0.4, -0.2) is 47.6 Å². The summed E-state index contributed by atoms with van der Waals surface area (Å²) >= 11 is 1.53. The van der Waals surface area contributed by atoms with Crippen LogP contribution < -0.4 is 16.4 Å². The Labute approximate surface area is 203 Å². The number of piperidine rings is 1. The number of carbonyl (C=O) groups excluding carboxylic acids is 1. The highest BCUT2D eigenvalue weighted by Crippen LogP contribution is 2.45. The molecule has 34 heavy (non-hydrogen) atoms. The second kappa shape index (κ2) is 8.77. The van der Waals surface area contributed by atoms with Gasteiger partial charge in [-0.3, -0.25) is 9.69 Å². The number of thiophene rings is 1. The number of guanidine groups is 1. The van der Waals surface area contributed by atoms with Crippen molar-refractivity contribution in [1.29, 1.82) is 0 Å². The average molecular weight is 476 g/mol. The minimum absolute atomic E-state index is 0.176. The van der Waals surface area contributed by atoms with Crippen molar-refractivity contribution < 1.29 is 9.90 Å². The maximum atomic E-state index is 13.5. The van der Waals surface area contributed by atoms with Gasteiger partial charge in [0.25, 0.3) is 0 Å². The molecule has 3 aromatic rings. The quantitative estimate of drug-likeness (QED) is 0.501.